The summed E-state index contributed by atoms with van der Waals surface area (Å²) in [6, 6.07) is 12.5. The molecule has 24 heavy (non-hydrogen) atoms. The Morgan fingerprint density at radius 1 is 1.04 bits per heavy atom. The third kappa shape index (κ3) is 5.10. The molecule has 0 heterocycles. The highest BCUT2D eigenvalue weighted by Crippen LogP contribution is 2.18. The first-order valence-electron chi connectivity index (χ1n) is 7.11. The third-order valence-electron chi connectivity index (χ3n) is 2.90. The zero-order chi connectivity index (χ0) is 17.4. The van der Waals surface area contributed by atoms with Crippen LogP contribution in [0, 0.1) is 10.1 Å². The lowest BCUT2D eigenvalue weighted by molar-refractivity contribution is -0.384. The highest BCUT2D eigenvalue weighted by molar-refractivity contribution is 5.88. The van der Waals surface area contributed by atoms with Crippen molar-refractivity contribution in [3.63, 3.8) is 0 Å². The van der Waals surface area contributed by atoms with Gasteiger partial charge in [0.15, 0.2) is 0 Å². The van der Waals surface area contributed by atoms with E-state index in [1.807, 2.05) is 6.92 Å². The first-order chi connectivity index (χ1) is 11.6. The lowest BCUT2D eigenvalue weighted by atomic mass is 10.2. The predicted octanol–water partition coefficient (Wildman–Crippen LogP) is 4.13. The SMILES string of the molecule is CC=COc1ccc(C=CC(=O)Oc2ccc([N+](=O)[O-])cc2)cc1. The van der Waals surface area contributed by atoms with E-state index < -0.39 is 10.9 Å². The van der Waals surface area contributed by atoms with Crippen LogP contribution in [-0.2, 0) is 4.79 Å². The highest BCUT2D eigenvalue weighted by atomic mass is 16.6. The Morgan fingerprint density at radius 3 is 2.25 bits per heavy atom. The molecule has 0 unspecified atom stereocenters. The van der Waals surface area contributed by atoms with Crippen LogP contribution >= 0.6 is 0 Å². The first kappa shape index (κ1) is 17.0. The van der Waals surface area contributed by atoms with E-state index in [0.717, 1.165) is 5.56 Å². The van der Waals surface area contributed by atoms with Gasteiger partial charge in [-0.1, -0.05) is 18.2 Å². The van der Waals surface area contributed by atoms with E-state index in [1.165, 1.54) is 30.3 Å². The number of nitrogens with zero attached hydrogens (tertiary/aromatic N) is 1. The van der Waals surface area contributed by atoms with Gasteiger partial charge in [0.05, 0.1) is 11.2 Å². The van der Waals surface area contributed by atoms with Crippen LogP contribution in [0.1, 0.15) is 12.5 Å². The van der Waals surface area contributed by atoms with Crippen molar-refractivity contribution in [3.05, 3.63) is 82.6 Å². The van der Waals surface area contributed by atoms with Crippen molar-refractivity contribution < 1.29 is 19.2 Å². The minimum absolute atomic E-state index is 0.0643. The van der Waals surface area contributed by atoms with Crippen molar-refractivity contribution in [2.75, 3.05) is 0 Å². The molecule has 0 spiro atoms. The van der Waals surface area contributed by atoms with Gasteiger partial charge in [-0.25, -0.2) is 4.79 Å². The van der Waals surface area contributed by atoms with Crippen molar-refractivity contribution in [2.45, 2.75) is 6.92 Å². The second-order valence-electron chi connectivity index (χ2n) is 4.66. The van der Waals surface area contributed by atoms with Gasteiger partial charge in [0, 0.05) is 18.2 Å². The number of hydrogen-bond acceptors (Lipinski definition) is 5. The van der Waals surface area contributed by atoms with E-state index in [1.54, 1.807) is 42.7 Å². The lowest BCUT2D eigenvalue weighted by Crippen LogP contribution is -2.03. The van der Waals surface area contributed by atoms with Crippen LogP contribution in [0.5, 0.6) is 11.5 Å². The molecule has 0 N–H and O–H groups in total. The smallest absolute Gasteiger partial charge is 0.336 e. The normalized spacial score (nSPS) is 10.9. The molecule has 0 aliphatic heterocycles. The molecular weight excluding hydrogens is 310 g/mol. The Morgan fingerprint density at radius 2 is 1.67 bits per heavy atom. The van der Waals surface area contributed by atoms with Gasteiger partial charge in [-0.3, -0.25) is 10.1 Å². The third-order valence-corrected chi connectivity index (χ3v) is 2.90. The van der Waals surface area contributed by atoms with Crippen LogP contribution in [0.15, 0.2) is 66.9 Å². The van der Waals surface area contributed by atoms with Crippen LogP contribution in [0.3, 0.4) is 0 Å². The molecule has 2 aromatic carbocycles. The second kappa shape index (κ2) is 8.28. The number of hydrogen-bond donors (Lipinski definition) is 0. The minimum Gasteiger partial charge on any atom is -0.465 e. The number of benzene rings is 2. The second-order valence-corrected chi connectivity index (χ2v) is 4.66. The standard InChI is InChI=1S/C18H15NO5/c1-2-13-23-16-8-3-14(4-9-16)5-12-18(20)24-17-10-6-15(7-11-17)19(21)22/h2-13H,1H3. The first-order valence-corrected chi connectivity index (χ1v) is 7.11. The van der Waals surface area contributed by atoms with Gasteiger partial charge in [0.2, 0.25) is 0 Å². The van der Waals surface area contributed by atoms with Crippen molar-refractivity contribution in [3.8, 4) is 11.5 Å². The van der Waals surface area contributed by atoms with Crippen molar-refractivity contribution >= 4 is 17.7 Å². The summed E-state index contributed by atoms with van der Waals surface area (Å²) in [5, 5.41) is 10.5. The molecule has 0 radical (unpaired) electrons. The largest absolute Gasteiger partial charge is 0.465 e. The maximum atomic E-state index is 11.7. The summed E-state index contributed by atoms with van der Waals surface area (Å²) in [6.07, 6.45) is 6.24. The molecular formula is C18H15NO5. The zero-order valence-electron chi connectivity index (χ0n) is 12.9. The Balaban J connectivity index is 1.93. The van der Waals surface area contributed by atoms with Gasteiger partial charge in [-0.15, -0.1) is 0 Å². The molecule has 2 rings (SSSR count). The number of nitro groups is 1. The summed E-state index contributed by atoms with van der Waals surface area (Å²) in [4.78, 5) is 21.8. The van der Waals surface area contributed by atoms with Crippen molar-refractivity contribution in [2.24, 2.45) is 0 Å². The van der Waals surface area contributed by atoms with Gasteiger partial charge in [0.25, 0.3) is 5.69 Å². The summed E-state index contributed by atoms with van der Waals surface area (Å²) in [5.74, 6) is 0.363. The highest BCUT2D eigenvalue weighted by Gasteiger charge is 2.06. The average Bonchev–Trinajstić information content (AvgIpc) is 2.59. The monoisotopic (exact) mass is 325 g/mol. The number of non-ortho nitro benzene ring substituents is 1. The summed E-state index contributed by atoms with van der Waals surface area (Å²) in [5.41, 5.74) is 0.744. The van der Waals surface area contributed by atoms with Gasteiger partial charge in [-0.05, 0) is 42.8 Å². The number of carbonyl (C=O) groups is 1. The van der Waals surface area contributed by atoms with Gasteiger partial charge in [0.1, 0.15) is 11.5 Å². The predicted molar refractivity (Wildman–Crippen MR) is 89.6 cm³/mol. The molecule has 0 aliphatic carbocycles. The Hall–Kier alpha value is -3.41. The van der Waals surface area contributed by atoms with E-state index in [0.29, 0.717) is 5.75 Å². The van der Waals surface area contributed by atoms with Crippen LogP contribution in [0.2, 0.25) is 0 Å². The number of ether oxygens (including phenoxy) is 2. The molecule has 0 amide bonds. The number of rotatable bonds is 6. The summed E-state index contributed by atoms with van der Waals surface area (Å²) < 4.78 is 10.4. The fraction of sp³-hybridized carbons (Fsp3) is 0.0556. The van der Waals surface area contributed by atoms with Crippen LogP contribution < -0.4 is 9.47 Å². The fourth-order valence-corrected chi connectivity index (χ4v) is 1.75. The quantitative estimate of drug-likeness (QED) is 0.199. The molecule has 0 saturated heterocycles. The van der Waals surface area contributed by atoms with Gasteiger partial charge >= 0.3 is 5.97 Å². The van der Waals surface area contributed by atoms with Crippen LogP contribution in [0.4, 0.5) is 5.69 Å². The summed E-state index contributed by atoms with van der Waals surface area (Å²) in [6.45, 7) is 1.85. The molecule has 0 bridgehead atoms. The maximum Gasteiger partial charge on any atom is 0.336 e. The molecule has 0 aliphatic rings. The number of nitro benzene ring substituents is 1. The topological polar surface area (TPSA) is 78.7 Å². The van der Waals surface area contributed by atoms with Crippen LogP contribution in [0.25, 0.3) is 6.08 Å². The molecule has 0 aromatic heterocycles. The Kier molecular flexibility index (Phi) is 5.85. The summed E-state index contributed by atoms with van der Waals surface area (Å²) in [7, 11) is 0. The number of esters is 1. The molecule has 2 aromatic rings. The van der Waals surface area contributed by atoms with Gasteiger partial charge in [-0.2, -0.15) is 0 Å². The van der Waals surface area contributed by atoms with Gasteiger partial charge < -0.3 is 9.47 Å². The van der Waals surface area contributed by atoms with E-state index in [9.17, 15) is 14.9 Å². The molecule has 6 nitrogen and oxygen atoms in total. The van der Waals surface area contributed by atoms with E-state index in [2.05, 4.69) is 0 Å². The van der Waals surface area contributed by atoms with E-state index >= 15 is 0 Å². The Bertz CT molecular complexity index is 761. The zero-order valence-corrected chi connectivity index (χ0v) is 12.9. The number of allylic oxidation sites excluding steroid dienone is 1. The molecule has 0 fully saturated rings. The summed E-state index contributed by atoms with van der Waals surface area (Å²) >= 11 is 0. The number of carbonyl (C=O) groups excluding carboxylic acids is 1. The fourth-order valence-electron chi connectivity index (χ4n) is 1.75. The molecule has 0 atom stereocenters. The van der Waals surface area contributed by atoms with E-state index in [4.69, 9.17) is 9.47 Å². The molecule has 6 heteroatoms. The van der Waals surface area contributed by atoms with E-state index in [-0.39, 0.29) is 11.4 Å². The Labute approximate surface area is 138 Å². The van der Waals surface area contributed by atoms with Crippen molar-refractivity contribution in [1.29, 1.82) is 0 Å². The minimum atomic E-state index is -0.571. The molecule has 0 saturated carbocycles. The average molecular weight is 325 g/mol. The maximum absolute atomic E-state index is 11.7. The van der Waals surface area contributed by atoms with Crippen LogP contribution in [-0.4, -0.2) is 10.9 Å². The van der Waals surface area contributed by atoms with Crippen molar-refractivity contribution in [1.82, 2.24) is 0 Å². The molecule has 122 valence electrons. The lowest BCUT2D eigenvalue weighted by Gasteiger charge is -2.01.